The summed E-state index contributed by atoms with van der Waals surface area (Å²) in [7, 11) is 0. The van der Waals surface area contributed by atoms with E-state index >= 15 is 0 Å². The minimum Gasteiger partial charge on any atom is -0.373 e. The summed E-state index contributed by atoms with van der Waals surface area (Å²) in [5, 5.41) is 1.83. The average molecular weight is 357 g/mol. The monoisotopic (exact) mass is 357 g/mol. The standard InChI is InChI=1S/C19H23N3O2S/c23-19(16-13-25-14-20-16)22-10-11-24-17(12-21-8-4-5-9-21)18(22)15-6-2-1-3-7-15/h1-3,6-7,13-14,17-18H,4-5,8-12H2/t17-,18-/m0/s1. The molecular formula is C19H23N3O2S. The molecule has 0 N–H and O–H groups in total. The third-order valence-corrected chi connectivity index (χ3v) is 5.63. The zero-order chi connectivity index (χ0) is 17.1. The minimum atomic E-state index is -0.0650. The first-order valence-corrected chi connectivity index (χ1v) is 9.85. The van der Waals surface area contributed by atoms with Crippen molar-refractivity contribution in [1.82, 2.24) is 14.8 Å². The molecule has 0 bridgehead atoms. The summed E-state index contributed by atoms with van der Waals surface area (Å²) in [5.74, 6) is 0.00447. The number of nitrogens with zero attached hydrogens (tertiary/aromatic N) is 3. The molecule has 0 unspecified atom stereocenters. The van der Waals surface area contributed by atoms with Crippen molar-refractivity contribution in [2.45, 2.75) is 25.0 Å². The molecule has 5 nitrogen and oxygen atoms in total. The molecule has 4 rings (SSSR count). The van der Waals surface area contributed by atoms with Crippen molar-refractivity contribution in [3.05, 3.63) is 52.5 Å². The van der Waals surface area contributed by atoms with Gasteiger partial charge in [-0.15, -0.1) is 11.3 Å². The lowest BCUT2D eigenvalue weighted by Gasteiger charge is -2.42. The lowest BCUT2D eigenvalue weighted by molar-refractivity contribution is -0.0708. The first kappa shape index (κ1) is 16.7. The lowest BCUT2D eigenvalue weighted by atomic mass is 9.97. The highest BCUT2D eigenvalue weighted by molar-refractivity contribution is 7.07. The van der Waals surface area contributed by atoms with E-state index in [1.807, 2.05) is 28.5 Å². The van der Waals surface area contributed by atoms with Crippen molar-refractivity contribution in [2.24, 2.45) is 0 Å². The van der Waals surface area contributed by atoms with Crippen molar-refractivity contribution >= 4 is 17.2 Å². The fourth-order valence-electron chi connectivity index (χ4n) is 3.84. The summed E-state index contributed by atoms with van der Waals surface area (Å²) < 4.78 is 6.15. The van der Waals surface area contributed by atoms with Crippen LogP contribution in [0.3, 0.4) is 0 Å². The quantitative estimate of drug-likeness (QED) is 0.844. The summed E-state index contributed by atoms with van der Waals surface area (Å²) >= 11 is 1.46. The van der Waals surface area contributed by atoms with Gasteiger partial charge in [0.15, 0.2) is 0 Å². The molecule has 2 fully saturated rings. The van der Waals surface area contributed by atoms with Gasteiger partial charge in [-0.25, -0.2) is 4.98 Å². The highest BCUT2D eigenvalue weighted by Crippen LogP contribution is 2.32. The number of likely N-dealkylation sites (tertiary alicyclic amines) is 1. The van der Waals surface area contributed by atoms with Gasteiger partial charge in [0.1, 0.15) is 5.69 Å². The van der Waals surface area contributed by atoms with Crippen LogP contribution in [0.2, 0.25) is 0 Å². The number of amides is 1. The predicted octanol–water partition coefficient (Wildman–Crippen LogP) is 2.82. The number of rotatable bonds is 4. The summed E-state index contributed by atoms with van der Waals surface area (Å²) in [6.07, 6.45) is 2.51. The van der Waals surface area contributed by atoms with Crippen LogP contribution in [0.1, 0.15) is 34.9 Å². The average Bonchev–Trinajstić information content (AvgIpc) is 3.36. The number of benzene rings is 1. The van der Waals surface area contributed by atoms with Crippen LogP contribution < -0.4 is 0 Å². The molecule has 25 heavy (non-hydrogen) atoms. The zero-order valence-electron chi connectivity index (χ0n) is 14.2. The second-order valence-electron chi connectivity index (χ2n) is 6.64. The zero-order valence-corrected chi connectivity index (χ0v) is 15.0. The molecule has 0 radical (unpaired) electrons. The first-order chi connectivity index (χ1) is 12.3. The van der Waals surface area contributed by atoms with E-state index in [1.54, 1.807) is 5.51 Å². The second-order valence-corrected chi connectivity index (χ2v) is 7.36. The van der Waals surface area contributed by atoms with Crippen LogP contribution in [0.15, 0.2) is 41.2 Å². The van der Waals surface area contributed by atoms with E-state index in [0.29, 0.717) is 18.8 Å². The highest BCUT2D eigenvalue weighted by atomic mass is 32.1. The molecule has 1 aromatic heterocycles. The van der Waals surface area contributed by atoms with Gasteiger partial charge in [-0.3, -0.25) is 4.79 Å². The molecule has 0 spiro atoms. The van der Waals surface area contributed by atoms with Gasteiger partial charge >= 0.3 is 0 Å². The third-order valence-electron chi connectivity index (χ3n) is 5.04. The van der Waals surface area contributed by atoms with Gasteiger partial charge in [-0.1, -0.05) is 30.3 Å². The van der Waals surface area contributed by atoms with E-state index in [2.05, 4.69) is 22.0 Å². The number of hydrogen-bond acceptors (Lipinski definition) is 5. The van der Waals surface area contributed by atoms with Gasteiger partial charge in [-0.2, -0.15) is 0 Å². The van der Waals surface area contributed by atoms with Gasteiger partial charge < -0.3 is 14.5 Å². The van der Waals surface area contributed by atoms with Crippen molar-refractivity contribution in [3.8, 4) is 0 Å². The van der Waals surface area contributed by atoms with E-state index in [4.69, 9.17) is 4.74 Å². The smallest absolute Gasteiger partial charge is 0.274 e. The minimum absolute atomic E-state index is 0.00293. The molecule has 1 amide bonds. The topological polar surface area (TPSA) is 45.7 Å². The maximum atomic E-state index is 13.0. The Labute approximate surface area is 152 Å². The Morgan fingerprint density at radius 1 is 1.20 bits per heavy atom. The largest absolute Gasteiger partial charge is 0.373 e. The maximum absolute atomic E-state index is 13.0. The van der Waals surface area contributed by atoms with Crippen molar-refractivity contribution in [3.63, 3.8) is 0 Å². The summed E-state index contributed by atoms with van der Waals surface area (Å²) in [6.45, 7) is 4.31. The Bertz CT molecular complexity index is 686. The van der Waals surface area contributed by atoms with Crippen LogP contribution in [0.25, 0.3) is 0 Å². The number of hydrogen-bond donors (Lipinski definition) is 0. The number of aromatic nitrogens is 1. The van der Waals surface area contributed by atoms with Crippen molar-refractivity contribution in [2.75, 3.05) is 32.8 Å². The Kier molecular flexibility index (Phi) is 5.10. The fourth-order valence-corrected chi connectivity index (χ4v) is 4.37. The van der Waals surface area contributed by atoms with Crippen molar-refractivity contribution < 1.29 is 9.53 Å². The number of morpholine rings is 1. The predicted molar refractivity (Wildman–Crippen MR) is 97.7 cm³/mol. The molecule has 0 aliphatic carbocycles. The molecule has 2 atom stereocenters. The molecule has 132 valence electrons. The van der Waals surface area contributed by atoms with E-state index in [0.717, 1.165) is 25.2 Å². The van der Waals surface area contributed by atoms with E-state index in [1.165, 1.54) is 24.2 Å². The van der Waals surface area contributed by atoms with Gasteiger partial charge in [0, 0.05) is 18.5 Å². The molecular weight excluding hydrogens is 334 g/mol. The van der Waals surface area contributed by atoms with Crippen LogP contribution in [-0.4, -0.2) is 59.6 Å². The van der Waals surface area contributed by atoms with Gasteiger partial charge in [0.05, 0.1) is 24.3 Å². The Morgan fingerprint density at radius 3 is 2.72 bits per heavy atom. The van der Waals surface area contributed by atoms with Gasteiger partial charge in [0.2, 0.25) is 0 Å². The Hall–Kier alpha value is -1.76. The normalized spacial score (nSPS) is 24.6. The molecule has 2 aliphatic rings. The lowest BCUT2D eigenvalue weighted by Crippen LogP contribution is -2.51. The molecule has 2 aliphatic heterocycles. The van der Waals surface area contributed by atoms with Gasteiger partial charge in [-0.05, 0) is 31.5 Å². The fraction of sp³-hybridized carbons (Fsp3) is 0.474. The third kappa shape index (κ3) is 3.61. The molecule has 6 heteroatoms. The van der Waals surface area contributed by atoms with Crippen LogP contribution in [-0.2, 0) is 4.74 Å². The van der Waals surface area contributed by atoms with E-state index in [-0.39, 0.29) is 18.1 Å². The van der Waals surface area contributed by atoms with Crippen LogP contribution in [0.4, 0.5) is 0 Å². The van der Waals surface area contributed by atoms with E-state index < -0.39 is 0 Å². The molecule has 2 aromatic rings. The van der Waals surface area contributed by atoms with E-state index in [9.17, 15) is 4.79 Å². The Balaban J connectivity index is 1.63. The van der Waals surface area contributed by atoms with Crippen LogP contribution in [0, 0.1) is 0 Å². The van der Waals surface area contributed by atoms with Crippen molar-refractivity contribution in [1.29, 1.82) is 0 Å². The second kappa shape index (κ2) is 7.64. The molecule has 0 saturated carbocycles. The number of carbonyl (C=O) groups excluding carboxylic acids is 1. The number of thiazole rings is 1. The number of carbonyl (C=O) groups is 1. The Morgan fingerprint density at radius 2 is 2.00 bits per heavy atom. The van der Waals surface area contributed by atoms with Gasteiger partial charge in [0.25, 0.3) is 5.91 Å². The molecule has 2 saturated heterocycles. The molecule has 1 aromatic carbocycles. The summed E-state index contributed by atoms with van der Waals surface area (Å²) in [4.78, 5) is 21.7. The maximum Gasteiger partial charge on any atom is 0.274 e. The molecule has 3 heterocycles. The SMILES string of the molecule is O=C(c1cscn1)N1CCO[C@@H](CN2CCCC2)[C@@H]1c1ccccc1. The highest BCUT2D eigenvalue weighted by Gasteiger charge is 2.38. The van der Waals surface area contributed by atoms with Crippen LogP contribution in [0.5, 0.6) is 0 Å². The summed E-state index contributed by atoms with van der Waals surface area (Å²) in [5.41, 5.74) is 3.38. The van der Waals surface area contributed by atoms with Crippen LogP contribution >= 0.6 is 11.3 Å². The summed E-state index contributed by atoms with van der Waals surface area (Å²) in [6, 6.07) is 10.2. The number of ether oxygens (including phenoxy) is 1. The first-order valence-electron chi connectivity index (χ1n) is 8.91.